The Labute approximate surface area is 134 Å². The average molecular weight is 316 g/mol. The Kier molecular flexibility index (Phi) is 4.32. The standard InChI is InChI=1S/C17H20N2O4/c1-11-12(17(21)22)5-4-10-19(11)16(20)9-8-15-18-13-6-2-3-7-14(13)23-15/h2-3,6-7,11-12H,4-5,8-10H2,1H3,(H,21,22)/t11-,12-/m1/s1. The van der Waals surface area contributed by atoms with Gasteiger partial charge in [0.05, 0.1) is 5.92 Å². The zero-order valence-electron chi connectivity index (χ0n) is 13.1. The summed E-state index contributed by atoms with van der Waals surface area (Å²) >= 11 is 0. The summed E-state index contributed by atoms with van der Waals surface area (Å²) < 4.78 is 5.62. The molecule has 1 fully saturated rings. The van der Waals surface area contributed by atoms with Crippen LogP contribution < -0.4 is 0 Å². The van der Waals surface area contributed by atoms with Gasteiger partial charge in [0.2, 0.25) is 5.91 Å². The number of fused-ring (bicyclic) bond motifs is 1. The maximum atomic E-state index is 12.4. The van der Waals surface area contributed by atoms with Gasteiger partial charge in [-0.15, -0.1) is 0 Å². The van der Waals surface area contributed by atoms with E-state index in [-0.39, 0.29) is 18.4 Å². The van der Waals surface area contributed by atoms with Crippen LogP contribution in [0.25, 0.3) is 11.1 Å². The van der Waals surface area contributed by atoms with Gasteiger partial charge in [-0.3, -0.25) is 9.59 Å². The first kappa shape index (κ1) is 15.5. The molecule has 1 aromatic heterocycles. The fraction of sp³-hybridized carbons (Fsp3) is 0.471. The molecule has 2 aromatic rings. The van der Waals surface area contributed by atoms with Crippen LogP contribution in [0.4, 0.5) is 0 Å². The van der Waals surface area contributed by atoms with E-state index in [2.05, 4.69) is 4.98 Å². The molecule has 2 heterocycles. The van der Waals surface area contributed by atoms with Crippen molar-refractivity contribution in [3.63, 3.8) is 0 Å². The van der Waals surface area contributed by atoms with Gasteiger partial charge in [0.25, 0.3) is 0 Å². The van der Waals surface area contributed by atoms with Gasteiger partial charge in [-0.25, -0.2) is 4.98 Å². The highest BCUT2D eigenvalue weighted by atomic mass is 16.4. The summed E-state index contributed by atoms with van der Waals surface area (Å²) in [6, 6.07) is 7.22. The molecule has 2 atom stereocenters. The summed E-state index contributed by atoms with van der Waals surface area (Å²) in [5.74, 6) is -0.796. The molecule has 6 nitrogen and oxygen atoms in total. The van der Waals surface area contributed by atoms with Crippen LogP contribution in [0.1, 0.15) is 32.1 Å². The number of likely N-dealkylation sites (tertiary alicyclic amines) is 1. The molecular weight excluding hydrogens is 296 g/mol. The van der Waals surface area contributed by atoms with Gasteiger partial charge in [0.1, 0.15) is 5.52 Å². The maximum Gasteiger partial charge on any atom is 0.308 e. The number of oxazole rings is 1. The number of hydrogen-bond acceptors (Lipinski definition) is 4. The van der Waals surface area contributed by atoms with Crippen molar-refractivity contribution < 1.29 is 19.1 Å². The molecule has 0 spiro atoms. The molecule has 1 aliphatic heterocycles. The third-order valence-corrected chi connectivity index (χ3v) is 4.52. The summed E-state index contributed by atoms with van der Waals surface area (Å²) in [7, 11) is 0. The van der Waals surface area contributed by atoms with Crippen molar-refractivity contribution in [2.24, 2.45) is 5.92 Å². The minimum atomic E-state index is -0.825. The molecule has 0 bridgehead atoms. The normalized spacial score (nSPS) is 21.5. The van der Waals surface area contributed by atoms with Crippen LogP contribution in [0.15, 0.2) is 28.7 Å². The topological polar surface area (TPSA) is 83.6 Å². The third-order valence-electron chi connectivity index (χ3n) is 4.52. The Balaban J connectivity index is 1.63. The highest BCUT2D eigenvalue weighted by Gasteiger charge is 2.35. The van der Waals surface area contributed by atoms with Crippen LogP contribution in [0.3, 0.4) is 0 Å². The molecule has 0 saturated carbocycles. The van der Waals surface area contributed by atoms with Gasteiger partial charge in [0, 0.05) is 25.4 Å². The minimum Gasteiger partial charge on any atom is -0.481 e. The highest BCUT2D eigenvalue weighted by Crippen LogP contribution is 2.25. The largest absolute Gasteiger partial charge is 0.481 e. The molecule has 1 N–H and O–H groups in total. The van der Waals surface area contributed by atoms with Crippen molar-refractivity contribution in [1.82, 2.24) is 9.88 Å². The van der Waals surface area contributed by atoms with Crippen molar-refractivity contribution in [2.45, 2.75) is 38.6 Å². The van der Waals surface area contributed by atoms with Crippen molar-refractivity contribution in [2.75, 3.05) is 6.54 Å². The number of para-hydroxylation sites is 2. The maximum absolute atomic E-state index is 12.4. The van der Waals surface area contributed by atoms with Crippen molar-refractivity contribution in [3.8, 4) is 0 Å². The summed E-state index contributed by atoms with van der Waals surface area (Å²) in [6.07, 6.45) is 2.07. The number of amides is 1. The molecular formula is C17H20N2O4. The second-order valence-corrected chi connectivity index (χ2v) is 5.99. The van der Waals surface area contributed by atoms with E-state index < -0.39 is 11.9 Å². The second-order valence-electron chi connectivity index (χ2n) is 5.99. The number of rotatable bonds is 4. The average Bonchev–Trinajstić information content (AvgIpc) is 2.95. The van der Waals surface area contributed by atoms with E-state index in [1.165, 1.54) is 0 Å². The van der Waals surface area contributed by atoms with Crippen LogP contribution in [-0.4, -0.2) is 39.5 Å². The van der Waals surface area contributed by atoms with E-state index in [4.69, 9.17) is 4.42 Å². The number of aromatic nitrogens is 1. The number of carbonyl (C=O) groups excluding carboxylic acids is 1. The lowest BCUT2D eigenvalue weighted by Crippen LogP contribution is -2.49. The molecule has 1 aliphatic rings. The third kappa shape index (κ3) is 3.21. The van der Waals surface area contributed by atoms with Gasteiger partial charge < -0.3 is 14.4 Å². The molecule has 0 unspecified atom stereocenters. The van der Waals surface area contributed by atoms with Crippen molar-refractivity contribution >= 4 is 23.0 Å². The summed E-state index contributed by atoms with van der Waals surface area (Å²) in [4.78, 5) is 29.7. The molecule has 0 radical (unpaired) electrons. The van der Waals surface area contributed by atoms with Gasteiger partial charge >= 0.3 is 5.97 Å². The molecule has 1 aromatic carbocycles. The van der Waals surface area contributed by atoms with Crippen LogP contribution in [-0.2, 0) is 16.0 Å². The summed E-state index contributed by atoms with van der Waals surface area (Å²) in [5.41, 5.74) is 1.50. The zero-order valence-corrected chi connectivity index (χ0v) is 13.1. The number of carboxylic acids is 1. The van der Waals surface area contributed by atoms with E-state index >= 15 is 0 Å². The van der Waals surface area contributed by atoms with Gasteiger partial charge in [-0.1, -0.05) is 12.1 Å². The fourth-order valence-corrected chi connectivity index (χ4v) is 3.21. The minimum absolute atomic E-state index is 0.0364. The molecule has 6 heteroatoms. The van der Waals surface area contributed by atoms with Gasteiger partial charge in [-0.2, -0.15) is 0 Å². The first-order chi connectivity index (χ1) is 11.1. The first-order valence-electron chi connectivity index (χ1n) is 7.93. The van der Waals surface area contributed by atoms with Crippen LogP contribution in [0.5, 0.6) is 0 Å². The lowest BCUT2D eigenvalue weighted by atomic mass is 9.90. The van der Waals surface area contributed by atoms with E-state index in [1.807, 2.05) is 31.2 Å². The van der Waals surface area contributed by atoms with Crippen molar-refractivity contribution in [3.05, 3.63) is 30.2 Å². The Morgan fingerprint density at radius 2 is 2.17 bits per heavy atom. The Bertz CT molecular complexity index is 691. The van der Waals surface area contributed by atoms with E-state index in [9.17, 15) is 14.7 Å². The van der Waals surface area contributed by atoms with Crippen LogP contribution in [0.2, 0.25) is 0 Å². The smallest absolute Gasteiger partial charge is 0.308 e. The number of benzene rings is 1. The molecule has 0 aliphatic carbocycles. The predicted molar refractivity (Wildman–Crippen MR) is 83.9 cm³/mol. The molecule has 122 valence electrons. The van der Waals surface area contributed by atoms with Crippen LogP contribution >= 0.6 is 0 Å². The molecule has 3 rings (SSSR count). The van der Waals surface area contributed by atoms with Gasteiger partial charge in [0.15, 0.2) is 11.5 Å². The number of nitrogens with zero attached hydrogens (tertiary/aromatic N) is 2. The number of carbonyl (C=O) groups is 2. The quantitative estimate of drug-likeness (QED) is 0.937. The van der Waals surface area contributed by atoms with E-state index in [0.717, 1.165) is 11.9 Å². The number of hydrogen-bond donors (Lipinski definition) is 1. The lowest BCUT2D eigenvalue weighted by molar-refractivity contribution is -0.149. The second kappa shape index (κ2) is 6.40. The monoisotopic (exact) mass is 316 g/mol. The van der Waals surface area contributed by atoms with Gasteiger partial charge in [-0.05, 0) is 31.9 Å². The number of carboxylic acid groups (broad SMARTS) is 1. The van der Waals surface area contributed by atoms with E-state index in [1.54, 1.807) is 4.90 Å². The fourth-order valence-electron chi connectivity index (χ4n) is 3.21. The summed E-state index contributed by atoms with van der Waals surface area (Å²) in [6.45, 7) is 2.44. The van der Waals surface area contributed by atoms with Crippen LogP contribution in [0, 0.1) is 5.92 Å². The SMILES string of the molecule is C[C@@H]1[C@H](C(=O)O)CCCN1C(=O)CCc1nc2ccccc2o1. The Morgan fingerprint density at radius 1 is 1.39 bits per heavy atom. The van der Waals surface area contributed by atoms with Crippen molar-refractivity contribution in [1.29, 1.82) is 0 Å². The summed E-state index contributed by atoms with van der Waals surface area (Å²) in [5, 5.41) is 9.23. The number of piperidine rings is 1. The molecule has 1 amide bonds. The van der Waals surface area contributed by atoms with E-state index in [0.29, 0.717) is 30.9 Å². The Morgan fingerprint density at radius 3 is 2.91 bits per heavy atom. The lowest BCUT2D eigenvalue weighted by Gasteiger charge is -2.37. The first-order valence-corrected chi connectivity index (χ1v) is 7.93. The highest BCUT2D eigenvalue weighted by molar-refractivity contribution is 5.79. The molecule has 1 saturated heterocycles. The molecule has 23 heavy (non-hydrogen) atoms. The Hall–Kier alpha value is -2.37. The zero-order chi connectivity index (χ0) is 16.4. The number of aryl methyl sites for hydroxylation is 1. The number of aliphatic carboxylic acids is 1. The predicted octanol–water partition coefficient (Wildman–Crippen LogP) is 2.47.